The lowest BCUT2D eigenvalue weighted by atomic mass is 9.85. The van der Waals surface area contributed by atoms with Gasteiger partial charge in [-0.3, -0.25) is 0 Å². The molecule has 0 spiro atoms. The molecule has 1 nitrogen and oxygen atoms in total. The second-order valence-electron chi connectivity index (χ2n) is 3.28. The fraction of sp³-hybridized carbons (Fsp3) is 0.500. The number of carbonyl (C=O) groups is 1. The Morgan fingerprint density at radius 1 is 1.58 bits per heavy atom. The zero-order valence-electron chi connectivity index (χ0n) is 6.90. The molecule has 2 aliphatic rings. The first-order chi connectivity index (χ1) is 5.92. The first-order valence-electron chi connectivity index (χ1n) is 4.36. The van der Waals surface area contributed by atoms with Gasteiger partial charge in [-0.15, -0.1) is 11.8 Å². The first kappa shape index (κ1) is 8.11. The first-order valence-corrected chi connectivity index (χ1v) is 5.35. The molecule has 0 bridgehead atoms. The van der Waals surface area contributed by atoms with Gasteiger partial charge in [-0.25, -0.2) is 0 Å². The predicted octanol–water partition coefficient (Wildman–Crippen LogP) is 2.40. The Labute approximate surface area is 76.9 Å². The zero-order valence-corrected chi connectivity index (χ0v) is 7.72. The van der Waals surface area contributed by atoms with Crippen LogP contribution in [0.1, 0.15) is 12.8 Å². The summed E-state index contributed by atoms with van der Waals surface area (Å²) in [6.07, 6.45) is 9.68. The van der Waals surface area contributed by atoms with E-state index in [0.29, 0.717) is 5.92 Å². The Bertz CT molecular complexity index is 242. The molecule has 2 atom stereocenters. The molecule has 0 radical (unpaired) electrons. The van der Waals surface area contributed by atoms with Crippen molar-refractivity contribution in [1.82, 2.24) is 0 Å². The van der Waals surface area contributed by atoms with E-state index in [1.807, 2.05) is 11.8 Å². The van der Waals surface area contributed by atoms with E-state index in [1.165, 1.54) is 4.91 Å². The van der Waals surface area contributed by atoms with Gasteiger partial charge in [-0.2, -0.15) is 0 Å². The SMILES string of the molecule is O=CC1CCSC2=CC=CCC21. The van der Waals surface area contributed by atoms with E-state index < -0.39 is 0 Å². The van der Waals surface area contributed by atoms with Gasteiger partial charge in [0.1, 0.15) is 6.29 Å². The van der Waals surface area contributed by atoms with E-state index in [0.717, 1.165) is 24.9 Å². The van der Waals surface area contributed by atoms with Crippen molar-refractivity contribution in [3.05, 3.63) is 23.1 Å². The molecule has 1 aliphatic carbocycles. The molecule has 0 saturated carbocycles. The number of rotatable bonds is 1. The quantitative estimate of drug-likeness (QED) is 0.576. The van der Waals surface area contributed by atoms with E-state index in [9.17, 15) is 4.79 Å². The Balaban J connectivity index is 2.19. The summed E-state index contributed by atoms with van der Waals surface area (Å²) >= 11 is 1.92. The number of fused-ring (bicyclic) bond motifs is 1. The maximum absolute atomic E-state index is 10.8. The van der Waals surface area contributed by atoms with Gasteiger partial charge in [0.15, 0.2) is 0 Å². The van der Waals surface area contributed by atoms with Crippen LogP contribution < -0.4 is 0 Å². The van der Waals surface area contributed by atoms with Crippen molar-refractivity contribution in [2.75, 3.05) is 5.75 Å². The molecule has 2 unspecified atom stereocenters. The molecule has 12 heavy (non-hydrogen) atoms. The second-order valence-corrected chi connectivity index (χ2v) is 4.44. The minimum absolute atomic E-state index is 0.280. The van der Waals surface area contributed by atoms with E-state index in [1.54, 1.807) is 0 Å². The predicted molar refractivity (Wildman–Crippen MR) is 52.0 cm³/mol. The Morgan fingerprint density at radius 3 is 3.33 bits per heavy atom. The largest absolute Gasteiger partial charge is 0.303 e. The van der Waals surface area contributed by atoms with Crippen LogP contribution in [0, 0.1) is 11.8 Å². The van der Waals surface area contributed by atoms with Crippen molar-refractivity contribution in [2.24, 2.45) is 11.8 Å². The Hall–Kier alpha value is -0.500. The minimum atomic E-state index is 0.280. The average Bonchev–Trinajstić information content (AvgIpc) is 2.17. The molecule has 0 aromatic rings. The third-order valence-corrected chi connectivity index (χ3v) is 3.78. The smallest absolute Gasteiger partial charge is 0.123 e. The highest BCUT2D eigenvalue weighted by atomic mass is 32.2. The van der Waals surface area contributed by atoms with Gasteiger partial charge < -0.3 is 4.79 Å². The zero-order chi connectivity index (χ0) is 8.39. The van der Waals surface area contributed by atoms with E-state index >= 15 is 0 Å². The highest BCUT2D eigenvalue weighted by Crippen LogP contribution is 2.41. The second kappa shape index (κ2) is 3.48. The van der Waals surface area contributed by atoms with Crippen molar-refractivity contribution < 1.29 is 4.79 Å². The van der Waals surface area contributed by atoms with Crippen molar-refractivity contribution in [3.63, 3.8) is 0 Å². The molecule has 2 rings (SSSR count). The van der Waals surface area contributed by atoms with Crippen molar-refractivity contribution >= 4 is 18.0 Å². The number of hydrogen-bond acceptors (Lipinski definition) is 2. The average molecular weight is 180 g/mol. The van der Waals surface area contributed by atoms with E-state index in [2.05, 4.69) is 18.2 Å². The van der Waals surface area contributed by atoms with E-state index in [-0.39, 0.29) is 5.92 Å². The maximum Gasteiger partial charge on any atom is 0.123 e. The molecular weight excluding hydrogens is 168 g/mol. The Morgan fingerprint density at radius 2 is 2.50 bits per heavy atom. The molecule has 1 aliphatic heterocycles. The Kier molecular flexibility index (Phi) is 2.35. The van der Waals surface area contributed by atoms with Crippen LogP contribution in [0.5, 0.6) is 0 Å². The van der Waals surface area contributed by atoms with Gasteiger partial charge in [0, 0.05) is 11.8 Å². The lowest BCUT2D eigenvalue weighted by molar-refractivity contribution is -0.112. The summed E-state index contributed by atoms with van der Waals surface area (Å²) in [6.45, 7) is 0. The molecule has 0 aromatic heterocycles. The summed E-state index contributed by atoms with van der Waals surface area (Å²) in [5.41, 5.74) is 0. The highest BCUT2D eigenvalue weighted by Gasteiger charge is 2.28. The van der Waals surface area contributed by atoms with Gasteiger partial charge in [0.25, 0.3) is 0 Å². The fourth-order valence-electron chi connectivity index (χ4n) is 1.85. The van der Waals surface area contributed by atoms with Crippen LogP contribution in [0.15, 0.2) is 23.1 Å². The number of carbonyl (C=O) groups excluding carboxylic acids is 1. The van der Waals surface area contributed by atoms with Crippen LogP contribution in [0.4, 0.5) is 0 Å². The molecule has 0 aromatic carbocycles. The third-order valence-electron chi connectivity index (χ3n) is 2.56. The summed E-state index contributed by atoms with van der Waals surface area (Å²) < 4.78 is 0. The highest BCUT2D eigenvalue weighted by molar-refractivity contribution is 8.03. The summed E-state index contributed by atoms with van der Waals surface area (Å²) in [6, 6.07) is 0. The van der Waals surface area contributed by atoms with Crippen LogP contribution in [-0.2, 0) is 4.79 Å². The molecule has 0 amide bonds. The molecule has 1 fully saturated rings. The summed E-state index contributed by atoms with van der Waals surface area (Å²) in [7, 11) is 0. The normalized spacial score (nSPS) is 33.8. The van der Waals surface area contributed by atoms with Crippen LogP contribution >= 0.6 is 11.8 Å². The lowest BCUT2D eigenvalue weighted by Gasteiger charge is -2.30. The van der Waals surface area contributed by atoms with Crippen LogP contribution in [0.3, 0.4) is 0 Å². The maximum atomic E-state index is 10.8. The minimum Gasteiger partial charge on any atom is -0.303 e. The molecule has 1 heterocycles. The number of thioether (sulfide) groups is 1. The molecule has 1 saturated heterocycles. The van der Waals surface area contributed by atoms with Gasteiger partial charge in [0.2, 0.25) is 0 Å². The van der Waals surface area contributed by atoms with Gasteiger partial charge in [-0.1, -0.05) is 18.2 Å². The summed E-state index contributed by atoms with van der Waals surface area (Å²) in [5.74, 6) is 1.90. The molecule has 64 valence electrons. The van der Waals surface area contributed by atoms with Gasteiger partial charge in [-0.05, 0) is 23.5 Å². The van der Waals surface area contributed by atoms with Gasteiger partial charge in [0.05, 0.1) is 0 Å². The number of allylic oxidation sites excluding steroid dienone is 4. The van der Waals surface area contributed by atoms with Crippen molar-refractivity contribution in [1.29, 1.82) is 0 Å². The fourth-order valence-corrected chi connectivity index (χ4v) is 3.13. The van der Waals surface area contributed by atoms with Gasteiger partial charge >= 0.3 is 0 Å². The number of hydrogen-bond donors (Lipinski definition) is 0. The molecule has 2 heteroatoms. The molecular formula is C10H12OS. The van der Waals surface area contributed by atoms with E-state index in [4.69, 9.17) is 0 Å². The van der Waals surface area contributed by atoms with Crippen LogP contribution in [-0.4, -0.2) is 12.0 Å². The monoisotopic (exact) mass is 180 g/mol. The number of aldehydes is 1. The summed E-state index contributed by atoms with van der Waals surface area (Å²) in [5, 5.41) is 0. The van der Waals surface area contributed by atoms with Crippen LogP contribution in [0.25, 0.3) is 0 Å². The topological polar surface area (TPSA) is 17.1 Å². The standard InChI is InChI=1S/C10H12OS/c11-7-8-5-6-12-10-4-2-1-3-9(8)10/h1-2,4,7-9H,3,5-6H2. The summed E-state index contributed by atoms with van der Waals surface area (Å²) in [4.78, 5) is 12.2. The van der Waals surface area contributed by atoms with Crippen LogP contribution in [0.2, 0.25) is 0 Å². The lowest BCUT2D eigenvalue weighted by Crippen LogP contribution is -2.23. The third kappa shape index (κ3) is 1.36. The van der Waals surface area contributed by atoms with Crippen molar-refractivity contribution in [3.8, 4) is 0 Å². The molecule has 0 N–H and O–H groups in total. The van der Waals surface area contributed by atoms with Crippen molar-refractivity contribution in [2.45, 2.75) is 12.8 Å².